The summed E-state index contributed by atoms with van der Waals surface area (Å²) in [6, 6.07) is 0. The Labute approximate surface area is 142 Å². The Bertz CT molecular complexity index is 605. The Morgan fingerprint density at radius 3 is 2.67 bits per heavy atom. The molecule has 2 amide bonds. The van der Waals surface area contributed by atoms with Gasteiger partial charge in [0.25, 0.3) is 11.8 Å². The molecule has 7 heteroatoms. The third kappa shape index (κ3) is 3.45. The molecule has 0 atom stereocenters. The average Bonchev–Trinajstić information content (AvgIpc) is 3.26. The molecule has 1 aromatic rings. The summed E-state index contributed by atoms with van der Waals surface area (Å²) in [5.74, 6) is 0.163. The molecule has 3 heterocycles. The van der Waals surface area contributed by atoms with Gasteiger partial charge in [-0.25, -0.2) is 4.98 Å². The number of carbonyl (C=O) groups is 2. The number of fused-ring (bicyclic) bond motifs is 1. The molecule has 0 bridgehead atoms. The molecule has 1 N–H and O–H groups in total. The second-order valence-corrected chi connectivity index (χ2v) is 6.44. The maximum absolute atomic E-state index is 12.8. The van der Waals surface area contributed by atoms with Crippen LogP contribution in [0.1, 0.15) is 58.9 Å². The average molecular weight is 334 g/mol. The molecule has 132 valence electrons. The van der Waals surface area contributed by atoms with Crippen LogP contribution >= 0.6 is 0 Å². The smallest absolute Gasteiger partial charge is 0.287 e. The molecule has 0 radical (unpaired) electrons. The first-order valence-corrected chi connectivity index (χ1v) is 8.88. The highest BCUT2D eigenvalue weighted by Crippen LogP contribution is 2.23. The minimum absolute atomic E-state index is 0.0171. The van der Waals surface area contributed by atoms with E-state index in [-0.39, 0.29) is 11.8 Å². The number of amides is 2. The zero-order chi connectivity index (χ0) is 16.9. The van der Waals surface area contributed by atoms with Gasteiger partial charge in [-0.1, -0.05) is 0 Å². The lowest BCUT2D eigenvalue weighted by atomic mass is 10.1. The maximum atomic E-state index is 12.8. The number of hydrogen-bond donors (Lipinski definition) is 1. The van der Waals surface area contributed by atoms with Crippen LogP contribution in [0, 0.1) is 0 Å². The van der Waals surface area contributed by atoms with E-state index in [0.717, 1.165) is 63.9 Å². The van der Waals surface area contributed by atoms with Crippen molar-refractivity contribution in [2.45, 2.75) is 45.1 Å². The molecule has 0 saturated carbocycles. The zero-order valence-electron chi connectivity index (χ0n) is 14.3. The van der Waals surface area contributed by atoms with E-state index in [1.807, 2.05) is 9.47 Å². The number of methoxy groups -OCH3 is 1. The van der Waals surface area contributed by atoms with Crippen molar-refractivity contribution >= 4 is 11.8 Å². The van der Waals surface area contributed by atoms with Crippen molar-refractivity contribution in [1.82, 2.24) is 19.8 Å². The topological polar surface area (TPSA) is 76.5 Å². The summed E-state index contributed by atoms with van der Waals surface area (Å²) in [4.78, 5) is 31.6. The van der Waals surface area contributed by atoms with Crippen molar-refractivity contribution in [2.24, 2.45) is 0 Å². The molecule has 1 fully saturated rings. The van der Waals surface area contributed by atoms with E-state index in [0.29, 0.717) is 24.7 Å². The van der Waals surface area contributed by atoms with Gasteiger partial charge in [-0.15, -0.1) is 0 Å². The van der Waals surface area contributed by atoms with Crippen LogP contribution in [-0.2, 0) is 17.7 Å². The van der Waals surface area contributed by atoms with Crippen molar-refractivity contribution in [1.29, 1.82) is 0 Å². The summed E-state index contributed by atoms with van der Waals surface area (Å²) in [5, 5.41) is 2.88. The van der Waals surface area contributed by atoms with Gasteiger partial charge < -0.3 is 19.5 Å². The first-order valence-electron chi connectivity index (χ1n) is 8.88. The molecule has 2 aliphatic rings. The van der Waals surface area contributed by atoms with Gasteiger partial charge in [0.15, 0.2) is 5.82 Å². The zero-order valence-corrected chi connectivity index (χ0v) is 14.3. The predicted octanol–water partition coefficient (Wildman–Crippen LogP) is 1.22. The van der Waals surface area contributed by atoms with Crippen LogP contribution in [0.25, 0.3) is 0 Å². The molecular weight excluding hydrogens is 308 g/mol. The van der Waals surface area contributed by atoms with Crippen LogP contribution < -0.4 is 5.32 Å². The number of aromatic nitrogens is 2. The number of ether oxygens (including phenoxy) is 1. The molecule has 0 spiro atoms. The minimum Gasteiger partial charge on any atom is -0.385 e. The van der Waals surface area contributed by atoms with Gasteiger partial charge in [-0.05, 0) is 38.5 Å². The van der Waals surface area contributed by atoms with E-state index in [1.54, 1.807) is 7.11 Å². The molecule has 2 aliphatic heterocycles. The molecular formula is C17H26N4O3. The lowest BCUT2D eigenvalue weighted by Crippen LogP contribution is -2.29. The molecule has 1 aromatic heterocycles. The largest absolute Gasteiger partial charge is 0.385 e. The first kappa shape index (κ1) is 17.0. The summed E-state index contributed by atoms with van der Waals surface area (Å²) in [5.41, 5.74) is 1.42. The van der Waals surface area contributed by atoms with Crippen molar-refractivity contribution in [2.75, 3.05) is 33.4 Å². The van der Waals surface area contributed by atoms with Gasteiger partial charge in [0.2, 0.25) is 0 Å². The number of carbonyl (C=O) groups excluding carboxylic acids is 2. The van der Waals surface area contributed by atoms with Crippen molar-refractivity contribution in [3.63, 3.8) is 0 Å². The van der Waals surface area contributed by atoms with Gasteiger partial charge in [0, 0.05) is 39.9 Å². The van der Waals surface area contributed by atoms with Crippen molar-refractivity contribution < 1.29 is 14.3 Å². The van der Waals surface area contributed by atoms with E-state index in [1.165, 1.54) is 0 Å². The third-order valence-corrected chi connectivity index (χ3v) is 4.73. The van der Waals surface area contributed by atoms with Crippen molar-refractivity contribution in [3.8, 4) is 0 Å². The normalized spacial score (nSPS) is 17.0. The summed E-state index contributed by atoms with van der Waals surface area (Å²) in [6.07, 6.45) is 5.74. The Morgan fingerprint density at radius 2 is 1.92 bits per heavy atom. The molecule has 0 aromatic carbocycles. The van der Waals surface area contributed by atoms with E-state index in [4.69, 9.17) is 4.74 Å². The lowest BCUT2D eigenvalue weighted by molar-refractivity contribution is 0.0786. The number of imidazole rings is 1. The highest BCUT2D eigenvalue weighted by atomic mass is 16.5. The van der Waals surface area contributed by atoms with Crippen LogP contribution in [0.3, 0.4) is 0 Å². The van der Waals surface area contributed by atoms with Crippen LogP contribution in [0.4, 0.5) is 0 Å². The Morgan fingerprint density at radius 1 is 1.17 bits per heavy atom. The van der Waals surface area contributed by atoms with Crippen LogP contribution in [0.5, 0.6) is 0 Å². The first-order chi connectivity index (χ1) is 11.7. The standard InChI is InChI=1S/C17H26N4O3/c1-24-12-6-8-18-16(22)15-19-14(13-7-2-3-11-21(13)15)17(23)20-9-4-5-10-20/h2-12H2,1H3,(H,18,22). The fourth-order valence-electron chi connectivity index (χ4n) is 3.46. The van der Waals surface area contributed by atoms with Gasteiger partial charge in [-0.2, -0.15) is 0 Å². The van der Waals surface area contributed by atoms with Crippen LogP contribution in [-0.4, -0.2) is 59.6 Å². The fourth-order valence-corrected chi connectivity index (χ4v) is 3.46. The Kier molecular flexibility index (Phi) is 5.50. The van der Waals surface area contributed by atoms with Gasteiger partial charge in [0.1, 0.15) is 5.69 Å². The van der Waals surface area contributed by atoms with Gasteiger partial charge >= 0.3 is 0 Å². The highest BCUT2D eigenvalue weighted by Gasteiger charge is 2.30. The second kappa shape index (κ2) is 7.79. The van der Waals surface area contributed by atoms with Crippen molar-refractivity contribution in [3.05, 3.63) is 17.2 Å². The minimum atomic E-state index is -0.199. The third-order valence-electron chi connectivity index (χ3n) is 4.73. The van der Waals surface area contributed by atoms with E-state index >= 15 is 0 Å². The molecule has 3 rings (SSSR count). The molecule has 24 heavy (non-hydrogen) atoms. The molecule has 0 aliphatic carbocycles. The van der Waals surface area contributed by atoms with Crippen LogP contribution in [0.15, 0.2) is 0 Å². The second-order valence-electron chi connectivity index (χ2n) is 6.44. The predicted molar refractivity (Wildman–Crippen MR) is 89.1 cm³/mol. The van der Waals surface area contributed by atoms with Crippen LogP contribution in [0.2, 0.25) is 0 Å². The number of likely N-dealkylation sites (tertiary alicyclic amines) is 1. The van der Waals surface area contributed by atoms with E-state index < -0.39 is 0 Å². The number of rotatable bonds is 6. The van der Waals surface area contributed by atoms with E-state index in [2.05, 4.69) is 10.3 Å². The SMILES string of the molecule is COCCCNC(=O)c1nc(C(=O)N2CCCC2)c2n1CCCC2. The Hall–Kier alpha value is -1.89. The molecule has 7 nitrogen and oxygen atoms in total. The van der Waals surface area contributed by atoms with E-state index in [9.17, 15) is 9.59 Å². The number of nitrogens with zero attached hydrogens (tertiary/aromatic N) is 3. The van der Waals surface area contributed by atoms with Gasteiger partial charge in [-0.3, -0.25) is 9.59 Å². The fraction of sp³-hybridized carbons (Fsp3) is 0.706. The molecule has 0 unspecified atom stereocenters. The summed E-state index contributed by atoms with van der Waals surface area (Å²) in [7, 11) is 1.64. The summed E-state index contributed by atoms with van der Waals surface area (Å²) < 4.78 is 6.93. The molecule has 1 saturated heterocycles. The number of hydrogen-bond acceptors (Lipinski definition) is 4. The monoisotopic (exact) mass is 334 g/mol. The number of nitrogens with one attached hydrogen (secondary N) is 1. The van der Waals surface area contributed by atoms with Gasteiger partial charge in [0.05, 0.1) is 5.69 Å². The lowest BCUT2D eigenvalue weighted by Gasteiger charge is -2.18. The quantitative estimate of drug-likeness (QED) is 0.794. The summed E-state index contributed by atoms with van der Waals surface area (Å²) >= 11 is 0. The Balaban J connectivity index is 1.79. The highest BCUT2D eigenvalue weighted by molar-refractivity contribution is 5.97. The maximum Gasteiger partial charge on any atom is 0.287 e. The summed E-state index contributed by atoms with van der Waals surface area (Å²) in [6.45, 7) is 3.51.